The Morgan fingerprint density at radius 2 is 1.66 bits per heavy atom. The van der Waals surface area contributed by atoms with E-state index in [-0.39, 0.29) is 45.6 Å². The molecule has 5 rings (SSSR count). The third-order valence-corrected chi connectivity index (χ3v) is 5.18. The third-order valence-electron chi connectivity index (χ3n) is 5.18. The number of carbonyl (C=O) groups is 1. The molecule has 0 aliphatic carbocycles. The van der Waals surface area contributed by atoms with Gasteiger partial charge in [0.05, 0.1) is 11.5 Å². The van der Waals surface area contributed by atoms with Crippen LogP contribution < -0.4 is 28.0 Å². The number of aromatic hydroxyl groups is 2. The van der Waals surface area contributed by atoms with Crippen molar-refractivity contribution in [1.82, 2.24) is 9.55 Å². The Morgan fingerprint density at radius 3 is 2.28 bits per heavy atom. The van der Waals surface area contributed by atoms with Gasteiger partial charge in [-0.05, 0) is 41.5 Å². The van der Waals surface area contributed by atoms with Crippen LogP contribution in [0.2, 0.25) is 0 Å². The van der Waals surface area contributed by atoms with Crippen LogP contribution in [0.3, 0.4) is 0 Å². The van der Waals surface area contributed by atoms with E-state index in [1.165, 1.54) is 34.9 Å². The molecule has 3 heterocycles. The summed E-state index contributed by atoms with van der Waals surface area (Å²) in [5, 5.41) is 19.2. The van der Waals surface area contributed by atoms with E-state index in [0.29, 0.717) is 11.1 Å². The van der Waals surface area contributed by atoms with Gasteiger partial charge in [-0.15, -0.1) is 0 Å². The van der Waals surface area contributed by atoms with Crippen molar-refractivity contribution < 1.29 is 23.8 Å². The number of phenols is 2. The lowest BCUT2D eigenvalue weighted by Gasteiger charge is -2.21. The summed E-state index contributed by atoms with van der Waals surface area (Å²) in [6.45, 7) is 0. The molecule has 0 bridgehead atoms. The largest absolute Gasteiger partial charge is 0.508 e. The van der Waals surface area contributed by atoms with Gasteiger partial charge in [0.2, 0.25) is 11.4 Å². The number of hydrogen-bond acceptors (Lipinski definition) is 8. The fourth-order valence-electron chi connectivity index (χ4n) is 3.80. The zero-order valence-electron chi connectivity index (χ0n) is 16.4. The zero-order chi connectivity index (χ0) is 22.6. The maximum absolute atomic E-state index is 12.8. The SMILES string of the molecule is NC(=O)C1=c2oc(=O)/c(=C\c3ccc(O)cc3)n2-c2oc(N)nc2[C@H]1c1ccc(O)cc1. The number of anilines is 1. The number of phenolic OH excluding ortho intramolecular Hbond substituents is 2. The molecular weight excluding hydrogens is 416 g/mol. The van der Waals surface area contributed by atoms with Gasteiger partial charge < -0.3 is 30.5 Å². The monoisotopic (exact) mass is 432 g/mol. The molecule has 10 heteroatoms. The minimum atomic E-state index is -0.837. The van der Waals surface area contributed by atoms with Gasteiger partial charge in [0.25, 0.3) is 11.9 Å². The van der Waals surface area contributed by atoms with Crippen molar-refractivity contribution in [2.24, 2.45) is 5.73 Å². The molecule has 0 saturated heterocycles. The molecule has 0 unspecified atom stereocenters. The minimum absolute atomic E-state index is 0.0149. The van der Waals surface area contributed by atoms with Crippen molar-refractivity contribution in [2.75, 3.05) is 5.73 Å². The number of amides is 1. The van der Waals surface area contributed by atoms with E-state index in [1.807, 2.05) is 0 Å². The normalized spacial score (nSPS) is 15.4. The summed E-state index contributed by atoms with van der Waals surface area (Å²) < 4.78 is 12.4. The second-order valence-electron chi connectivity index (χ2n) is 7.20. The number of hydrogen-bond donors (Lipinski definition) is 4. The van der Waals surface area contributed by atoms with Crippen molar-refractivity contribution in [1.29, 1.82) is 0 Å². The van der Waals surface area contributed by atoms with E-state index in [4.69, 9.17) is 20.3 Å². The number of fused-ring (bicyclic) bond motifs is 3. The number of nitrogens with two attached hydrogens (primary N) is 2. The Kier molecular flexibility index (Phi) is 4.16. The number of carbonyl (C=O) groups excluding carboxylic acids is 1. The Labute approximate surface area is 179 Å². The number of benzene rings is 2. The lowest BCUT2D eigenvalue weighted by molar-refractivity contribution is -0.113. The van der Waals surface area contributed by atoms with E-state index in [9.17, 15) is 19.8 Å². The highest BCUT2D eigenvalue weighted by atomic mass is 16.4. The van der Waals surface area contributed by atoms with Gasteiger partial charge in [0.15, 0.2) is 0 Å². The summed E-state index contributed by atoms with van der Waals surface area (Å²) in [5.41, 5.74) is 12.1. The molecule has 1 amide bonds. The smallest absolute Gasteiger partial charge is 0.362 e. The van der Waals surface area contributed by atoms with Gasteiger partial charge in [-0.2, -0.15) is 4.98 Å². The van der Waals surface area contributed by atoms with E-state index < -0.39 is 17.5 Å². The first-order chi connectivity index (χ1) is 15.3. The second-order valence-corrected chi connectivity index (χ2v) is 7.20. The number of aromatic nitrogens is 2. The van der Waals surface area contributed by atoms with Crippen LogP contribution in [-0.4, -0.2) is 25.7 Å². The van der Waals surface area contributed by atoms with E-state index in [2.05, 4.69) is 4.98 Å². The van der Waals surface area contributed by atoms with Gasteiger partial charge in [0.1, 0.15) is 22.5 Å². The quantitative estimate of drug-likeness (QED) is 0.351. The third kappa shape index (κ3) is 2.93. The molecule has 32 heavy (non-hydrogen) atoms. The minimum Gasteiger partial charge on any atom is -0.508 e. The Balaban J connectivity index is 1.89. The van der Waals surface area contributed by atoms with Crippen LogP contribution in [0.15, 0.2) is 62.2 Å². The number of oxazole rings is 2. The second kappa shape index (κ2) is 6.91. The predicted octanol–water partition coefficient (Wildman–Crippen LogP) is 0.0222. The van der Waals surface area contributed by atoms with Gasteiger partial charge in [0, 0.05) is 0 Å². The molecule has 6 N–H and O–H groups in total. The van der Waals surface area contributed by atoms with Crippen molar-refractivity contribution in [2.45, 2.75) is 5.92 Å². The van der Waals surface area contributed by atoms with Gasteiger partial charge in [-0.3, -0.25) is 4.79 Å². The van der Waals surface area contributed by atoms with E-state index >= 15 is 0 Å². The highest BCUT2D eigenvalue weighted by Gasteiger charge is 2.38. The molecule has 0 fully saturated rings. The highest BCUT2D eigenvalue weighted by molar-refractivity contribution is 6.15. The molecule has 4 aromatic rings. The van der Waals surface area contributed by atoms with Crippen LogP contribution in [0.1, 0.15) is 22.7 Å². The molecule has 1 aliphatic heterocycles. The van der Waals surface area contributed by atoms with Crippen LogP contribution >= 0.6 is 0 Å². The first-order valence-electron chi connectivity index (χ1n) is 9.45. The molecule has 0 saturated carbocycles. The molecule has 2 aromatic heterocycles. The summed E-state index contributed by atoms with van der Waals surface area (Å²) in [6.07, 6.45) is 1.51. The highest BCUT2D eigenvalue weighted by Crippen LogP contribution is 2.38. The average molecular weight is 432 g/mol. The molecule has 0 spiro atoms. The molecule has 1 aliphatic rings. The fraction of sp³-hybridized carbons (Fsp3) is 0.0455. The average Bonchev–Trinajstić information content (AvgIpc) is 3.28. The topological polar surface area (TPSA) is 171 Å². The predicted molar refractivity (Wildman–Crippen MR) is 112 cm³/mol. The van der Waals surface area contributed by atoms with Crippen LogP contribution in [0.4, 0.5) is 6.01 Å². The summed E-state index contributed by atoms with van der Waals surface area (Å²) >= 11 is 0. The molecule has 160 valence electrons. The van der Waals surface area contributed by atoms with Crippen molar-refractivity contribution in [3.8, 4) is 17.4 Å². The Hall–Kier alpha value is -4.73. The zero-order valence-corrected chi connectivity index (χ0v) is 16.4. The summed E-state index contributed by atoms with van der Waals surface area (Å²) in [4.78, 5) is 29.6. The maximum atomic E-state index is 12.8. The van der Waals surface area contributed by atoms with Gasteiger partial charge in [-0.1, -0.05) is 24.3 Å². The fourth-order valence-corrected chi connectivity index (χ4v) is 3.80. The Morgan fingerprint density at radius 1 is 1.03 bits per heavy atom. The molecule has 0 radical (unpaired) electrons. The summed E-state index contributed by atoms with van der Waals surface area (Å²) in [7, 11) is 0. The standard InChI is InChI=1S/C22H16N4O6/c23-18(29)16-15(11-3-7-13(28)8-4-11)17-20(32-22(24)25-17)26-14(21(30)31-19(16)26)9-10-1-5-12(27)6-2-10/h1-9,15,27-28H,(H2,23,29)(H2,24,25)/b14-9+/t15-/m0/s1. The van der Waals surface area contributed by atoms with Crippen LogP contribution in [0, 0.1) is 0 Å². The first-order valence-corrected chi connectivity index (χ1v) is 9.45. The van der Waals surface area contributed by atoms with E-state index in [1.54, 1.807) is 24.3 Å². The van der Waals surface area contributed by atoms with Crippen molar-refractivity contribution in [3.63, 3.8) is 0 Å². The number of nitrogens with zero attached hydrogens (tertiary/aromatic N) is 2. The summed E-state index contributed by atoms with van der Waals surface area (Å²) in [6, 6.07) is 12.1. The molecule has 10 nitrogen and oxygen atoms in total. The molecule has 2 aromatic carbocycles. The first kappa shape index (κ1) is 19.2. The van der Waals surface area contributed by atoms with Crippen molar-refractivity contribution >= 4 is 23.6 Å². The Bertz CT molecular complexity index is 1540. The number of nitrogen functional groups attached to an aromatic ring is 1. The van der Waals surface area contributed by atoms with Gasteiger partial charge in [-0.25, -0.2) is 9.36 Å². The van der Waals surface area contributed by atoms with Crippen LogP contribution in [0.5, 0.6) is 11.5 Å². The lowest BCUT2D eigenvalue weighted by Crippen LogP contribution is -2.38. The van der Waals surface area contributed by atoms with Gasteiger partial charge >= 0.3 is 5.63 Å². The van der Waals surface area contributed by atoms with Crippen LogP contribution in [-0.2, 0) is 4.79 Å². The number of rotatable bonds is 3. The van der Waals surface area contributed by atoms with Crippen LogP contribution in [0.25, 0.3) is 17.5 Å². The maximum Gasteiger partial charge on any atom is 0.362 e. The number of primary amides is 1. The van der Waals surface area contributed by atoms with E-state index in [0.717, 1.165) is 0 Å². The lowest BCUT2D eigenvalue weighted by atomic mass is 9.86. The summed E-state index contributed by atoms with van der Waals surface area (Å²) in [5.74, 6) is -1.45. The molecular formula is C22H16N4O6. The van der Waals surface area contributed by atoms with Crippen molar-refractivity contribution in [3.05, 3.63) is 86.7 Å². The molecule has 1 atom stereocenters.